The highest BCUT2D eigenvalue weighted by atomic mass is 32.2. The van der Waals surface area contributed by atoms with Gasteiger partial charge in [-0.2, -0.15) is 13.2 Å². The summed E-state index contributed by atoms with van der Waals surface area (Å²) < 4.78 is 79.8. The predicted octanol–water partition coefficient (Wildman–Crippen LogP) is 3.72. The molecule has 2 fully saturated rings. The average molecular weight is 659 g/mol. The zero-order chi connectivity index (χ0) is 32.3. The van der Waals surface area contributed by atoms with Gasteiger partial charge in [0.15, 0.2) is 0 Å². The van der Waals surface area contributed by atoms with Gasteiger partial charge < -0.3 is 24.8 Å². The summed E-state index contributed by atoms with van der Waals surface area (Å²) in [5, 5.41) is 21.3. The maximum atomic E-state index is 13.4. The van der Waals surface area contributed by atoms with Gasteiger partial charge >= 0.3 is 12.1 Å². The van der Waals surface area contributed by atoms with Crippen LogP contribution in [0.15, 0.2) is 53.6 Å². The van der Waals surface area contributed by atoms with Crippen LogP contribution in [0.25, 0.3) is 10.9 Å². The first kappa shape index (κ1) is 33.8. The molecule has 1 saturated heterocycles. The Hall–Kier alpha value is -3.10. The molecule has 240 valence electrons. The van der Waals surface area contributed by atoms with Crippen LogP contribution >= 0.6 is 7.14 Å². The number of ether oxygens (including phenoxy) is 1. The van der Waals surface area contributed by atoms with E-state index in [0.717, 1.165) is 25.7 Å². The SMILES string of the molecule is CP(C)(=O)c1ccnc(CNc2nc3ccccc3cc2S(=O)(=O)NCC2CCC3(CO2)CC(O)C3)c1.O=C(O)C(F)(F)F. The summed E-state index contributed by atoms with van der Waals surface area (Å²) in [7, 11) is -6.36. The largest absolute Gasteiger partial charge is 0.490 e. The lowest BCUT2D eigenvalue weighted by atomic mass is 9.63. The Kier molecular flexibility index (Phi) is 10.1. The van der Waals surface area contributed by atoms with Gasteiger partial charge in [-0.1, -0.05) is 18.2 Å². The molecular weight excluding hydrogens is 624 g/mol. The number of carbonyl (C=O) groups is 1. The van der Waals surface area contributed by atoms with Crippen LogP contribution in [0.2, 0.25) is 0 Å². The molecule has 16 heteroatoms. The molecule has 0 bridgehead atoms. The molecule has 1 atom stereocenters. The Morgan fingerprint density at radius 2 is 1.86 bits per heavy atom. The number of alkyl halides is 3. The van der Waals surface area contributed by atoms with Gasteiger partial charge in [-0.05, 0) is 68.7 Å². The van der Waals surface area contributed by atoms with Gasteiger partial charge in [0.25, 0.3) is 0 Å². The average Bonchev–Trinajstić information content (AvgIpc) is 2.94. The van der Waals surface area contributed by atoms with Crippen molar-refractivity contribution in [3.05, 3.63) is 54.4 Å². The van der Waals surface area contributed by atoms with E-state index in [-0.39, 0.29) is 41.4 Å². The molecule has 44 heavy (non-hydrogen) atoms. The zero-order valence-corrected chi connectivity index (χ0v) is 25.8. The smallest absolute Gasteiger partial charge is 0.475 e. The van der Waals surface area contributed by atoms with Crippen LogP contribution in [0.3, 0.4) is 0 Å². The minimum Gasteiger partial charge on any atom is -0.475 e. The number of aliphatic hydroxyl groups excluding tert-OH is 1. The van der Waals surface area contributed by atoms with E-state index in [9.17, 15) is 31.3 Å². The molecule has 2 aliphatic rings. The molecule has 4 N–H and O–H groups in total. The fourth-order valence-corrected chi connectivity index (χ4v) is 7.22. The second-order valence-corrected chi connectivity index (χ2v) is 16.4. The molecule has 1 aliphatic carbocycles. The van der Waals surface area contributed by atoms with Crippen molar-refractivity contribution in [1.82, 2.24) is 14.7 Å². The van der Waals surface area contributed by atoms with E-state index in [1.807, 2.05) is 24.3 Å². The van der Waals surface area contributed by atoms with Gasteiger partial charge in [0.1, 0.15) is 17.9 Å². The van der Waals surface area contributed by atoms with Gasteiger partial charge in [-0.25, -0.2) is 22.9 Å². The molecule has 1 unspecified atom stereocenters. The molecule has 1 spiro atoms. The Labute approximate surface area is 252 Å². The fraction of sp³-hybridized carbons (Fsp3) is 0.464. The number of para-hydroxylation sites is 1. The number of pyridine rings is 2. The summed E-state index contributed by atoms with van der Waals surface area (Å²) in [6.45, 7) is 4.34. The minimum absolute atomic E-state index is 0.0494. The van der Waals surface area contributed by atoms with Crippen molar-refractivity contribution in [1.29, 1.82) is 0 Å². The molecule has 5 rings (SSSR count). The number of carboxylic acids is 1. The Morgan fingerprint density at radius 3 is 2.45 bits per heavy atom. The van der Waals surface area contributed by atoms with Gasteiger partial charge in [0, 0.05) is 23.4 Å². The molecule has 1 aliphatic heterocycles. The number of sulfonamides is 1. The van der Waals surface area contributed by atoms with Crippen molar-refractivity contribution in [3.8, 4) is 0 Å². The van der Waals surface area contributed by atoms with E-state index in [1.165, 1.54) is 0 Å². The van der Waals surface area contributed by atoms with E-state index in [4.69, 9.17) is 14.6 Å². The van der Waals surface area contributed by atoms with Gasteiger partial charge in [-0.15, -0.1) is 0 Å². The highest BCUT2D eigenvalue weighted by molar-refractivity contribution is 7.89. The second kappa shape index (κ2) is 13.1. The first-order valence-electron chi connectivity index (χ1n) is 13.7. The lowest BCUT2D eigenvalue weighted by Gasteiger charge is -2.49. The van der Waals surface area contributed by atoms with E-state index in [1.54, 1.807) is 37.7 Å². The van der Waals surface area contributed by atoms with Crippen molar-refractivity contribution in [3.63, 3.8) is 0 Å². The monoisotopic (exact) mass is 658 g/mol. The molecule has 0 radical (unpaired) electrons. The van der Waals surface area contributed by atoms with Gasteiger partial charge in [0.05, 0.1) is 36.6 Å². The summed E-state index contributed by atoms with van der Waals surface area (Å²) in [5.41, 5.74) is 1.36. The van der Waals surface area contributed by atoms with E-state index in [2.05, 4.69) is 20.0 Å². The molecule has 3 aromatic rings. The predicted molar refractivity (Wildman–Crippen MR) is 158 cm³/mol. The Bertz CT molecular complexity index is 1650. The Balaban J connectivity index is 0.000000566. The van der Waals surface area contributed by atoms with Gasteiger partial charge in [0.2, 0.25) is 10.0 Å². The maximum absolute atomic E-state index is 13.4. The first-order valence-corrected chi connectivity index (χ1v) is 17.8. The number of halogens is 3. The van der Waals surface area contributed by atoms with Crippen molar-refractivity contribution >= 4 is 45.2 Å². The minimum atomic E-state index is -5.08. The number of hydrogen-bond acceptors (Lipinski definition) is 9. The summed E-state index contributed by atoms with van der Waals surface area (Å²) in [5.74, 6) is -2.53. The zero-order valence-electron chi connectivity index (χ0n) is 24.0. The number of carboxylic acid groups (broad SMARTS) is 1. The third-order valence-electron chi connectivity index (χ3n) is 7.54. The maximum Gasteiger partial charge on any atom is 0.490 e. The third kappa shape index (κ3) is 8.54. The normalized spacial score (nSPS) is 22.1. The molecule has 0 amide bonds. The number of hydrogen-bond donors (Lipinski definition) is 4. The molecule has 1 saturated carbocycles. The lowest BCUT2D eigenvalue weighted by molar-refractivity contribution is -0.192. The van der Waals surface area contributed by atoms with Crippen LogP contribution in [0.5, 0.6) is 0 Å². The van der Waals surface area contributed by atoms with E-state index in [0.29, 0.717) is 28.5 Å². The van der Waals surface area contributed by atoms with Crippen molar-refractivity contribution in [2.24, 2.45) is 5.41 Å². The standard InChI is InChI=1S/C26H33N4O5PS.C2HF3O2/c1-36(2,32)22-8-10-27-19(12-22)15-28-25-24(11-18-5-3-4-6-23(18)30-25)37(33,34)29-16-21-7-9-26(17-35-21)13-20(31)14-26;3-2(4,5)1(6)7/h3-6,8,10-12,20-21,29,31H,7,9,13-17H2,1-2H3,(H,28,30);(H,6,7). The number of benzene rings is 1. The molecular formula is C28H34F3N4O7PS. The number of aromatic nitrogens is 2. The lowest BCUT2D eigenvalue weighted by Crippen LogP contribution is -2.49. The van der Waals surface area contributed by atoms with Crippen LogP contribution in [0.4, 0.5) is 19.0 Å². The number of aliphatic hydroxyl groups is 1. The van der Waals surface area contributed by atoms with Crippen LogP contribution in [0.1, 0.15) is 31.4 Å². The van der Waals surface area contributed by atoms with Crippen LogP contribution in [-0.2, 0) is 30.7 Å². The van der Waals surface area contributed by atoms with Crippen molar-refractivity contribution in [2.45, 2.75) is 55.5 Å². The highest BCUT2D eigenvalue weighted by Gasteiger charge is 2.46. The first-order chi connectivity index (χ1) is 20.5. The number of nitrogens with zero attached hydrogens (tertiary/aromatic N) is 2. The highest BCUT2D eigenvalue weighted by Crippen LogP contribution is 2.48. The summed E-state index contributed by atoms with van der Waals surface area (Å²) in [6.07, 6.45) is -0.738. The quantitative estimate of drug-likeness (QED) is 0.262. The summed E-state index contributed by atoms with van der Waals surface area (Å²) in [6, 6.07) is 12.5. The Morgan fingerprint density at radius 1 is 1.18 bits per heavy atom. The molecule has 2 aromatic heterocycles. The van der Waals surface area contributed by atoms with Crippen molar-refractivity contribution < 1.29 is 45.9 Å². The number of anilines is 1. The molecule has 11 nitrogen and oxygen atoms in total. The second-order valence-electron chi connectivity index (χ2n) is 11.4. The molecule has 1 aromatic carbocycles. The van der Waals surface area contributed by atoms with Crippen LogP contribution in [-0.4, -0.2) is 79.4 Å². The molecule has 3 heterocycles. The van der Waals surface area contributed by atoms with Gasteiger partial charge in [-0.3, -0.25) is 4.98 Å². The third-order valence-corrected chi connectivity index (χ3v) is 10.5. The van der Waals surface area contributed by atoms with E-state index < -0.39 is 29.3 Å². The summed E-state index contributed by atoms with van der Waals surface area (Å²) >= 11 is 0. The number of fused-ring (bicyclic) bond motifs is 1. The summed E-state index contributed by atoms with van der Waals surface area (Å²) in [4.78, 5) is 17.9. The van der Waals surface area contributed by atoms with Crippen LogP contribution in [0, 0.1) is 5.41 Å². The number of rotatable bonds is 8. The van der Waals surface area contributed by atoms with E-state index >= 15 is 0 Å². The van der Waals surface area contributed by atoms with Crippen molar-refractivity contribution in [2.75, 3.05) is 31.8 Å². The number of nitrogens with one attached hydrogen (secondary N) is 2. The fourth-order valence-electron chi connectivity index (χ4n) is 5.12. The topological polar surface area (TPSA) is 168 Å². The number of aliphatic carboxylic acids is 1. The van der Waals surface area contributed by atoms with Crippen LogP contribution < -0.4 is 15.3 Å².